The highest BCUT2D eigenvalue weighted by molar-refractivity contribution is 7.04. The molecule has 0 bridgehead atoms. The van der Waals surface area contributed by atoms with E-state index in [0.717, 1.165) is 0 Å². The van der Waals surface area contributed by atoms with Gasteiger partial charge in [0.05, 0.1) is 5.69 Å². The van der Waals surface area contributed by atoms with Gasteiger partial charge in [-0.05, 0) is 131 Å². The van der Waals surface area contributed by atoms with Gasteiger partial charge in [0, 0.05) is 39.4 Å². The Labute approximate surface area is 346 Å². The molecule has 7 aromatic carbocycles. The number of hydrogen-bond acceptors (Lipinski definition) is 2. The lowest BCUT2D eigenvalue weighted by atomic mass is 9.73. The highest BCUT2D eigenvalue weighted by Crippen LogP contribution is 2.49. The zero-order valence-corrected chi connectivity index (χ0v) is 35.1. The van der Waals surface area contributed by atoms with Crippen molar-refractivity contribution >= 4 is 52.6 Å². The van der Waals surface area contributed by atoms with Crippen molar-refractivity contribution in [3.05, 3.63) is 193 Å². The van der Waals surface area contributed by atoms with Gasteiger partial charge in [-0.3, -0.25) is 0 Å². The minimum atomic E-state index is -1.82. The number of para-hydroxylation sites is 2. The minimum absolute atomic E-state index is 0.00355. The molecule has 0 amide bonds. The molecule has 3 heteroatoms. The molecular weight excluding hydrogens is 717 g/mol. The summed E-state index contributed by atoms with van der Waals surface area (Å²) in [6.45, 7) is 5.01. The van der Waals surface area contributed by atoms with Gasteiger partial charge < -0.3 is 9.80 Å². The van der Waals surface area contributed by atoms with Crippen molar-refractivity contribution in [3.8, 4) is 11.1 Å². The van der Waals surface area contributed by atoms with E-state index in [0.29, 0.717) is 5.92 Å². The SMILES string of the molecule is C[Si]1(C)c2ccccc2-c2c(N(c3ccccc3)c3ccc(C4(c5ccc(N(c6ccccc6)c6ccc(C7CCCCC7)cc6)cc5)CCCC4)cc3)cccc21. The fourth-order valence-corrected chi connectivity index (χ4v) is 13.9. The number of nitrogens with zero attached hydrogens (tertiary/aromatic N) is 2. The van der Waals surface area contributed by atoms with Gasteiger partial charge in [-0.15, -0.1) is 0 Å². The second kappa shape index (κ2) is 15.3. The van der Waals surface area contributed by atoms with Gasteiger partial charge in [-0.1, -0.05) is 154 Å². The first kappa shape index (κ1) is 36.7. The van der Waals surface area contributed by atoms with Gasteiger partial charge in [0.15, 0.2) is 0 Å². The Morgan fingerprint density at radius 2 is 0.914 bits per heavy atom. The second-order valence-corrected chi connectivity index (χ2v) is 21.8. The zero-order valence-electron chi connectivity index (χ0n) is 34.1. The van der Waals surface area contributed by atoms with Crippen molar-refractivity contribution < 1.29 is 0 Å². The fraction of sp³-hybridized carbons (Fsp3) is 0.236. The molecule has 0 aromatic heterocycles. The minimum Gasteiger partial charge on any atom is -0.311 e. The van der Waals surface area contributed by atoms with Gasteiger partial charge in [0.1, 0.15) is 8.07 Å². The molecule has 0 N–H and O–H groups in total. The fourth-order valence-electron chi connectivity index (χ4n) is 10.9. The number of anilines is 6. The lowest BCUT2D eigenvalue weighted by molar-refractivity contribution is 0.443. The Balaban J connectivity index is 0.998. The van der Waals surface area contributed by atoms with Gasteiger partial charge in [-0.25, -0.2) is 0 Å². The van der Waals surface area contributed by atoms with Crippen molar-refractivity contribution in [1.82, 2.24) is 0 Å². The largest absolute Gasteiger partial charge is 0.311 e. The Morgan fingerprint density at radius 3 is 1.52 bits per heavy atom. The molecule has 7 aromatic rings. The molecule has 0 atom stereocenters. The quantitative estimate of drug-likeness (QED) is 0.135. The first-order valence-corrected chi connectivity index (χ1v) is 24.8. The van der Waals surface area contributed by atoms with Crippen LogP contribution in [0.3, 0.4) is 0 Å². The molecule has 288 valence electrons. The van der Waals surface area contributed by atoms with E-state index >= 15 is 0 Å². The number of benzene rings is 7. The van der Waals surface area contributed by atoms with Crippen LogP contribution in [0.25, 0.3) is 11.1 Å². The maximum absolute atomic E-state index is 2.50. The van der Waals surface area contributed by atoms with Crippen LogP contribution in [0.5, 0.6) is 0 Å². The Morgan fingerprint density at radius 1 is 0.431 bits per heavy atom. The average molecular weight is 771 g/mol. The summed E-state index contributed by atoms with van der Waals surface area (Å²) in [6, 6.07) is 66.6. The van der Waals surface area contributed by atoms with E-state index in [-0.39, 0.29) is 5.41 Å². The first-order valence-electron chi connectivity index (χ1n) is 21.8. The van der Waals surface area contributed by atoms with E-state index < -0.39 is 8.07 Å². The van der Waals surface area contributed by atoms with Crippen molar-refractivity contribution in [1.29, 1.82) is 0 Å². The third-order valence-corrected chi connectivity index (χ3v) is 17.4. The maximum atomic E-state index is 2.50. The molecule has 2 saturated carbocycles. The average Bonchev–Trinajstić information content (AvgIpc) is 3.88. The van der Waals surface area contributed by atoms with E-state index in [9.17, 15) is 0 Å². The van der Waals surface area contributed by atoms with Crippen LogP contribution in [-0.2, 0) is 5.41 Å². The Hall–Kier alpha value is -5.64. The van der Waals surface area contributed by atoms with Crippen molar-refractivity contribution in [3.63, 3.8) is 0 Å². The summed E-state index contributed by atoms with van der Waals surface area (Å²) >= 11 is 0. The second-order valence-electron chi connectivity index (χ2n) is 17.5. The molecule has 10 rings (SSSR count). The summed E-state index contributed by atoms with van der Waals surface area (Å²) in [5, 5.41) is 3.06. The topological polar surface area (TPSA) is 6.48 Å². The van der Waals surface area contributed by atoms with Crippen LogP contribution in [0.2, 0.25) is 13.1 Å². The molecule has 3 aliphatic rings. The molecule has 1 aliphatic heterocycles. The summed E-state index contributed by atoms with van der Waals surface area (Å²) in [4.78, 5) is 4.91. The number of hydrogen-bond donors (Lipinski definition) is 0. The lowest BCUT2D eigenvalue weighted by Crippen LogP contribution is -2.49. The summed E-state index contributed by atoms with van der Waals surface area (Å²) in [7, 11) is -1.82. The Bertz CT molecular complexity index is 2490. The summed E-state index contributed by atoms with van der Waals surface area (Å²) in [6.07, 6.45) is 11.6. The van der Waals surface area contributed by atoms with Crippen molar-refractivity contribution in [2.45, 2.75) is 82.2 Å². The molecule has 2 nitrogen and oxygen atoms in total. The standard InChI is InChI=1S/C55H54N2Si/c1-58(2)52-25-13-12-23-50(52)54-51(24-16-26-53(54)58)57(46-21-10-5-11-22-46)49-37-31-44(32-38-49)55(39-14-15-40-55)43-29-35-48(36-30-43)56(45-19-8-4-9-20-45)47-33-27-42(28-34-47)41-17-6-3-7-18-41/h4-5,8-13,16,19-38,41H,3,6-7,14-15,17-18,39-40H2,1-2H3. The summed E-state index contributed by atoms with van der Waals surface area (Å²) in [5.41, 5.74) is 14.4. The highest BCUT2D eigenvalue weighted by atomic mass is 28.3. The van der Waals surface area contributed by atoms with Gasteiger partial charge in [-0.2, -0.15) is 0 Å². The van der Waals surface area contributed by atoms with E-state index in [1.165, 1.54) is 130 Å². The summed E-state index contributed by atoms with van der Waals surface area (Å²) in [5.74, 6) is 0.704. The highest BCUT2D eigenvalue weighted by Gasteiger charge is 2.40. The molecule has 0 spiro atoms. The third kappa shape index (κ3) is 6.41. The van der Waals surface area contributed by atoms with Crippen LogP contribution in [0.15, 0.2) is 176 Å². The van der Waals surface area contributed by atoms with Crippen LogP contribution in [0.4, 0.5) is 34.1 Å². The summed E-state index contributed by atoms with van der Waals surface area (Å²) < 4.78 is 0. The smallest absolute Gasteiger partial charge is 0.113 e. The van der Waals surface area contributed by atoms with E-state index in [2.05, 4.69) is 199 Å². The Kier molecular flexibility index (Phi) is 9.66. The van der Waals surface area contributed by atoms with Crippen LogP contribution in [0, 0.1) is 0 Å². The third-order valence-electron chi connectivity index (χ3n) is 13.9. The van der Waals surface area contributed by atoms with Crippen LogP contribution in [-0.4, -0.2) is 8.07 Å². The van der Waals surface area contributed by atoms with Gasteiger partial charge >= 0.3 is 0 Å². The molecular formula is C55H54N2Si. The van der Waals surface area contributed by atoms with Crippen LogP contribution in [0.1, 0.15) is 80.4 Å². The van der Waals surface area contributed by atoms with E-state index in [4.69, 9.17) is 0 Å². The molecule has 0 radical (unpaired) electrons. The number of fused-ring (bicyclic) bond motifs is 3. The predicted molar refractivity (Wildman–Crippen MR) is 250 cm³/mol. The van der Waals surface area contributed by atoms with Crippen LogP contribution < -0.4 is 20.2 Å². The van der Waals surface area contributed by atoms with Gasteiger partial charge in [0.25, 0.3) is 0 Å². The maximum Gasteiger partial charge on any atom is 0.113 e. The number of rotatable bonds is 9. The predicted octanol–water partition coefficient (Wildman–Crippen LogP) is 14.3. The normalized spacial score (nSPS) is 16.7. The molecule has 58 heavy (non-hydrogen) atoms. The van der Waals surface area contributed by atoms with Gasteiger partial charge in [0.2, 0.25) is 0 Å². The first-order chi connectivity index (χ1) is 28.5. The van der Waals surface area contributed by atoms with E-state index in [1.807, 2.05) is 0 Å². The molecule has 1 heterocycles. The lowest BCUT2D eigenvalue weighted by Gasteiger charge is -2.33. The van der Waals surface area contributed by atoms with Crippen molar-refractivity contribution in [2.75, 3.05) is 9.80 Å². The molecule has 0 unspecified atom stereocenters. The molecule has 0 saturated heterocycles. The molecule has 2 aliphatic carbocycles. The van der Waals surface area contributed by atoms with Crippen LogP contribution >= 0.6 is 0 Å². The molecule has 2 fully saturated rings. The van der Waals surface area contributed by atoms with Crippen molar-refractivity contribution in [2.24, 2.45) is 0 Å². The monoisotopic (exact) mass is 770 g/mol. The zero-order chi connectivity index (χ0) is 39.1. The van der Waals surface area contributed by atoms with E-state index in [1.54, 1.807) is 0 Å².